The highest BCUT2D eigenvalue weighted by atomic mass is 32.2. The Morgan fingerprint density at radius 2 is 2.36 bits per heavy atom. The summed E-state index contributed by atoms with van der Waals surface area (Å²) in [5.41, 5.74) is 5.29. The first-order valence-corrected chi connectivity index (χ1v) is 4.82. The van der Waals surface area contributed by atoms with Crippen molar-refractivity contribution in [1.29, 1.82) is 0 Å². The molecule has 1 atom stereocenters. The molecule has 0 saturated heterocycles. The molecule has 0 aliphatic rings. The number of hydrogen-bond acceptors (Lipinski definition) is 5. The van der Waals surface area contributed by atoms with Gasteiger partial charge in [-0.15, -0.1) is 0 Å². The van der Waals surface area contributed by atoms with Gasteiger partial charge in [-0.1, -0.05) is 5.16 Å². The average molecular weight is 176 g/mol. The van der Waals surface area contributed by atoms with Gasteiger partial charge in [0.2, 0.25) is 0 Å². The van der Waals surface area contributed by atoms with E-state index in [2.05, 4.69) is 9.68 Å². The zero-order chi connectivity index (χ0) is 8.48. The molecule has 2 N–H and O–H groups in total. The van der Waals surface area contributed by atoms with Crippen LogP contribution >= 0.6 is 0 Å². The maximum Gasteiger partial charge on any atom is 0.170 e. The van der Waals surface area contributed by atoms with Crippen LogP contribution in [0.1, 0.15) is 11.1 Å². The molecule has 0 aliphatic heterocycles. The molecular weight excluding hydrogens is 168 g/mol. The summed E-state index contributed by atoms with van der Waals surface area (Å²) >= 11 is 0. The molecule has 1 rings (SSSR count). The van der Waals surface area contributed by atoms with E-state index in [4.69, 9.17) is 5.73 Å². The molecule has 6 heteroatoms. The third kappa shape index (κ3) is 1.78. The van der Waals surface area contributed by atoms with E-state index in [9.17, 15) is 8.42 Å². The highest BCUT2D eigenvalue weighted by Gasteiger charge is 2.20. The summed E-state index contributed by atoms with van der Waals surface area (Å²) in [6.45, 7) is 0. The summed E-state index contributed by atoms with van der Waals surface area (Å²) < 4.78 is 26.2. The summed E-state index contributed by atoms with van der Waals surface area (Å²) in [5.74, 6) is 0.160. The van der Waals surface area contributed by atoms with E-state index in [0.717, 1.165) is 6.26 Å². The molecule has 11 heavy (non-hydrogen) atoms. The molecule has 1 unspecified atom stereocenters. The van der Waals surface area contributed by atoms with Gasteiger partial charge in [0.05, 0.1) is 6.20 Å². The summed E-state index contributed by atoms with van der Waals surface area (Å²) in [5, 5.41) is 2.23. The molecule has 1 aromatic heterocycles. The Hall–Kier alpha value is -0.880. The molecule has 1 heterocycles. The van der Waals surface area contributed by atoms with Crippen molar-refractivity contribution in [2.45, 2.75) is 5.37 Å². The van der Waals surface area contributed by atoms with Crippen LogP contribution in [-0.2, 0) is 9.84 Å². The van der Waals surface area contributed by atoms with Crippen molar-refractivity contribution in [3.63, 3.8) is 0 Å². The molecule has 0 aromatic carbocycles. The van der Waals surface area contributed by atoms with Gasteiger partial charge in [-0.05, 0) is 0 Å². The molecule has 62 valence electrons. The van der Waals surface area contributed by atoms with Gasteiger partial charge in [-0.3, -0.25) is 0 Å². The Bertz CT molecular complexity index is 316. The second kappa shape index (κ2) is 2.63. The van der Waals surface area contributed by atoms with Crippen LogP contribution in [0.4, 0.5) is 0 Å². The van der Waals surface area contributed by atoms with Crippen molar-refractivity contribution in [3.8, 4) is 0 Å². The molecule has 0 saturated carbocycles. The van der Waals surface area contributed by atoms with E-state index in [1.807, 2.05) is 0 Å². The number of nitrogens with two attached hydrogens (primary N) is 1. The van der Waals surface area contributed by atoms with Gasteiger partial charge in [0.25, 0.3) is 0 Å². The molecule has 1 aromatic rings. The second-order valence-corrected chi connectivity index (χ2v) is 4.33. The van der Waals surface area contributed by atoms with Gasteiger partial charge in [0, 0.05) is 12.3 Å². The molecular formula is C5H8N2O3S. The Morgan fingerprint density at radius 1 is 1.73 bits per heavy atom. The Labute approximate surface area is 64.1 Å². The van der Waals surface area contributed by atoms with Crippen LogP contribution in [0.5, 0.6) is 0 Å². The standard InChI is InChI=1S/C5H8N2O3S/c1-11(8,9)5(6)4-2-3-7-10-4/h2-3,5H,6H2,1H3. The molecule has 0 aliphatic carbocycles. The molecule has 5 nitrogen and oxygen atoms in total. The topological polar surface area (TPSA) is 86.2 Å². The van der Waals surface area contributed by atoms with Gasteiger partial charge < -0.3 is 10.3 Å². The lowest BCUT2D eigenvalue weighted by Gasteiger charge is -2.02. The Kier molecular flexibility index (Phi) is 1.97. The number of hydrogen-bond donors (Lipinski definition) is 1. The first-order valence-electron chi connectivity index (χ1n) is 2.87. The fourth-order valence-corrected chi connectivity index (χ4v) is 1.13. The van der Waals surface area contributed by atoms with E-state index in [0.29, 0.717) is 0 Å². The van der Waals surface area contributed by atoms with Crippen LogP contribution in [-0.4, -0.2) is 19.8 Å². The fourth-order valence-electron chi connectivity index (χ4n) is 0.583. The highest BCUT2D eigenvalue weighted by Crippen LogP contribution is 2.13. The third-order valence-electron chi connectivity index (χ3n) is 1.20. The number of sulfone groups is 1. The van der Waals surface area contributed by atoms with Crippen molar-refractivity contribution >= 4 is 9.84 Å². The maximum absolute atomic E-state index is 10.8. The van der Waals surface area contributed by atoms with E-state index < -0.39 is 15.2 Å². The summed E-state index contributed by atoms with van der Waals surface area (Å²) in [4.78, 5) is 0. The van der Waals surface area contributed by atoms with Crippen molar-refractivity contribution in [3.05, 3.63) is 18.0 Å². The first-order chi connectivity index (χ1) is 5.02. The van der Waals surface area contributed by atoms with E-state index in [1.54, 1.807) is 0 Å². The number of nitrogens with zero attached hydrogens (tertiary/aromatic N) is 1. The van der Waals surface area contributed by atoms with Gasteiger partial charge in [-0.25, -0.2) is 8.42 Å². The van der Waals surface area contributed by atoms with Crippen LogP contribution in [0.15, 0.2) is 16.8 Å². The monoisotopic (exact) mass is 176 g/mol. The summed E-state index contributed by atoms with van der Waals surface area (Å²) in [6.07, 6.45) is 2.39. The lowest BCUT2D eigenvalue weighted by molar-refractivity contribution is 0.379. The zero-order valence-electron chi connectivity index (χ0n) is 5.89. The second-order valence-electron chi connectivity index (χ2n) is 2.16. The lowest BCUT2D eigenvalue weighted by atomic mass is 10.5. The van der Waals surface area contributed by atoms with Gasteiger partial charge in [-0.2, -0.15) is 0 Å². The van der Waals surface area contributed by atoms with Crippen LogP contribution in [0, 0.1) is 0 Å². The van der Waals surface area contributed by atoms with Crippen LogP contribution in [0.2, 0.25) is 0 Å². The van der Waals surface area contributed by atoms with Crippen molar-refractivity contribution < 1.29 is 12.9 Å². The van der Waals surface area contributed by atoms with Crippen molar-refractivity contribution in [1.82, 2.24) is 5.16 Å². The smallest absolute Gasteiger partial charge is 0.170 e. The van der Waals surface area contributed by atoms with Crippen LogP contribution in [0.3, 0.4) is 0 Å². The largest absolute Gasteiger partial charge is 0.359 e. The van der Waals surface area contributed by atoms with Crippen LogP contribution in [0.25, 0.3) is 0 Å². The SMILES string of the molecule is CS(=O)(=O)C(N)c1ccno1. The predicted molar refractivity (Wildman–Crippen MR) is 38.3 cm³/mol. The van der Waals surface area contributed by atoms with Crippen molar-refractivity contribution in [2.24, 2.45) is 5.73 Å². The van der Waals surface area contributed by atoms with Crippen molar-refractivity contribution in [2.75, 3.05) is 6.26 Å². The fraction of sp³-hybridized carbons (Fsp3) is 0.400. The minimum atomic E-state index is -3.28. The summed E-state index contributed by atoms with van der Waals surface area (Å²) in [6, 6.07) is 1.42. The van der Waals surface area contributed by atoms with Gasteiger partial charge in [0.1, 0.15) is 0 Å². The Balaban J connectivity index is 2.97. The molecule has 0 fully saturated rings. The highest BCUT2D eigenvalue weighted by molar-refractivity contribution is 7.90. The van der Waals surface area contributed by atoms with E-state index in [1.165, 1.54) is 12.3 Å². The van der Waals surface area contributed by atoms with Gasteiger partial charge >= 0.3 is 0 Å². The predicted octanol–water partition coefficient (Wildman–Crippen LogP) is -0.324. The molecule has 0 bridgehead atoms. The van der Waals surface area contributed by atoms with Crippen LogP contribution < -0.4 is 5.73 Å². The number of aromatic nitrogens is 1. The zero-order valence-corrected chi connectivity index (χ0v) is 6.71. The normalized spacial score (nSPS) is 14.7. The molecule has 0 radical (unpaired) electrons. The average Bonchev–Trinajstić information content (AvgIpc) is 2.34. The molecule has 0 amide bonds. The quantitative estimate of drug-likeness (QED) is 0.667. The summed E-state index contributed by atoms with van der Waals surface area (Å²) in [7, 11) is -3.28. The lowest BCUT2D eigenvalue weighted by Crippen LogP contribution is -2.19. The minimum absolute atomic E-state index is 0.160. The van der Waals surface area contributed by atoms with E-state index in [-0.39, 0.29) is 5.76 Å². The number of rotatable bonds is 2. The van der Waals surface area contributed by atoms with E-state index >= 15 is 0 Å². The minimum Gasteiger partial charge on any atom is -0.359 e. The third-order valence-corrected chi connectivity index (χ3v) is 2.35. The first kappa shape index (κ1) is 8.22. The maximum atomic E-state index is 10.8. The van der Waals surface area contributed by atoms with Gasteiger partial charge in [0.15, 0.2) is 21.0 Å². The Morgan fingerprint density at radius 3 is 2.73 bits per heavy atom. The molecule has 0 spiro atoms.